The number of hydrogen-bond donors (Lipinski definition) is 1. The molecule has 2 rings (SSSR count). The van der Waals surface area contributed by atoms with E-state index in [0.717, 1.165) is 0 Å². The van der Waals surface area contributed by atoms with Gasteiger partial charge in [0.15, 0.2) is 5.76 Å². The predicted octanol–water partition coefficient (Wildman–Crippen LogP) is 2.74. The molecule has 24 heavy (non-hydrogen) atoms. The van der Waals surface area contributed by atoms with Crippen molar-refractivity contribution < 1.29 is 22.7 Å². The Balaban J connectivity index is 2.10. The number of nitrogens with zero attached hydrogens (tertiary/aromatic N) is 1. The highest BCUT2D eigenvalue weighted by Crippen LogP contribution is 2.24. The molecule has 7 heteroatoms. The van der Waals surface area contributed by atoms with Gasteiger partial charge in [-0.15, -0.1) is 0 Å². The monoisotopic (exact) mass is 338 g/mol. The third-order valence-corrected chi connectivity index (χ3v) is 3.58. The molecule has 0 spiro atoms. The maximum absolute atomic E-state index is 14.0. The van der Waals surface area contributed by atoms with E-state index < -0.39 is 23.6 Å². The van der Waals surface area contributed by atoms with Crippen molar-refractivity contribution in [3.63, 3.8) is 0 Å². The lowest BCUT2D eigenvalue weighted by molar-refractivity contribution is 0.0904. The molecular weight excluding hydrogens is 318 g/mol. The smallest absolute Gasteiger partial charge is 0.287 e. The number of rotatable bonds is 7. The minimum atomic E-state index is -0.650. The fourth-order valence-corrected chi connectivity index (χ4v) is 2.37. The van der Waals surface area contributed by atoms with Crippen molar-refractivity contribution in [1.82, 2.24) is 10.2 Å². The number of hydrogen-bond acceptors (Lipinski definition) is 4. The summed E-state index contributed by atoms with van der Waals surface area (Å²) in [7, 11) is 4.89. The molecule has 1 heterocycles. The molecule has 130 valence electrons. The highest BCUT2D eigenvalue weighted by Gasteiger charge is 2.23. The summed E-state index contributed by atoms with van der Waals surface area (Å²) in [5.41, 5.74) is -0.0812. The maximum Gasteiger partial charge on any atom is 0.287 e. The van der Waals surface area contributed by atoms with Gasteiger partial charge in [0, 0.05) is 19.2 Å². The first-order valence-electron chi connectivity index (χ1n) is 7.40. The summed E-state index contributed by atoms with van der Waals surface area (Å²) in [6, 6.07) is 6.21. The Morgan fingerprint density at radius 1 is 1.25 bits per heavy atom. The molecule has 1 unspecified atom stereocenters. The summed E-state index contributed by atoms with van der Waals surface area (Å²) in [5.74, 6) is -1.12. The molecule has 0 fully saturated rings. The van der Waals surface area contributed by atoms with Crippen LogP contribution < -0.4 is 5.32 Å². The van der Waals surface area contributed by atoms with E-state index in [2.05, 4.69) is 5.32 Å². The fourth-order valence-electron chi connectivity index (χ4n) is 2.37. The molecule has 0 radical (unpaired) electrons. The maximum atomic E-state index is 14.0. The molecule has 0 aliphatic heterocycles. The quantitative estimate of drug-likeness (QED) is 0.843. The Kier molecular flexibility index (Phi) is 6.05. The van der Waals surface area contributed by atoms with Crippen molar-refractivity contribution in [2.24, 2.45) is 0 Å². The molecule has 0 saturated heterocycles. The van der Waals surface area contributed by atoms with Crippen LogP contribution >= 0.6 is 0 Å². The van der Waals surface area contributed by atoms with E-state index in [1.54, 1.807) is 25.1 Å². The lowest BCUT2D eigenvalue weighted by Gasteiger charge is -2.25. The molecule has 0 aliphatic carbocycles. The Morgan fingerprint density at radius 3 is 2.50 bits per heavy atom. The summed E-state index contributed by atoms with van der Waals surface area (Å²) < 4.78 is 38.2. The highest BCUT2D eigenvalue weighted by atomic mass is 19.1. The first-order valence-corrected chi connectivity index (χ1v) is 7.40. The van der Waals surface area contributed by atoms with Gasteiger partial charge in [-0.2, -0.15) is 0 Å². The van der Waals surface area contributed by atoms with Crippen molar-refractivity contribution in [2.75, 3.05) is 27.7 Å². The molecule has 0 bridgehead atoms. The van der Waals surface area contributed by atoms with Crippen LogP contribution in [0.5, 0.6) is 0 Å². The number of benzene rings is 1. The first kappa shape index (κ1) is 18.1. The van der Waals surface area contributed by atoms with Crippen LogP contribution in [0.25, 0.3) is 0 Å². The molecule has 1 atom stereocenters. The predicted molar refractivity (Wildman–Crippen MR) is 84.5 cm³/mol. The van der Waals surface area contributed by atoms with Crippen molar-refractivity contribution in [3.8, 4) is 0 Å². The number of nitrogens with one attached hydrogen (secondary N) is 1. The second kappa shape index (κ2) is 8.03. The van der Waals surface area contributed by atoms with E-state index in [0.29, 0.717) is 5.76 Å². The minimum absolute atomic E-state index is 0.0317. The van der Waals surface area contributed by atoms with Crippen molar-refractivity contribution in [1.29, 1.82) is 0 Å². The van der Waals surface area contributed by atoms with E-state index in [4.69, 9.17) is 9.15 Å². The SMILES string of the molecule is COCc1ccc(C(=O)NCC(c2c(F)cccc2F)N(C)C)o1. The molecule has 1 aromatic heterocycles. The summed E-state index contributed by atoms with van der Waals surface area (Å²) in [5, 5.41) is 2.64. The van der Waals surface area contributed by atoms with Crippen LogP contribution in [-0.4, -0.2) is 38.6 Å². The summed E-state index contributed by atoms with van der Waals surface area (Å²) >= 11 is 0. The van der Waals surface area contributed by atoms with Crippen LogP contribution in [0.2, 0.25) is 0 Å². The number of halogens is 2. The van der Waals surface area contributed by atoms with Gasteiger partial charge < -0.3 is 19.4 Å². The van der Waals surface area contributed by atoms with Crippen LogP contribution in [0, 0.1) is 11.6 Å². The second-order valence-corrected chi connectivity index (χ2v) is 5.52. The molecule has 1 aromatic carbocycles. The van der Waals surface area contributed by atoms with Gasteiger partial charge >= 0.3 is 0 Å². The zero-order valence-corrected chi connectivity index (χ0v) is 13.8. The third-order valence-electron chi connectivity index (χ3n) is 3.58. The first-order chi connectivity index (χ1) is 11.4. The molecular formula is C17H20F2N2O3. The number of furan rings is 1. The number of likely N-dealkylation sites (N-methyl/N-ethyl adjacent to an activating group) is 1. The molecule has 1 N–H and O–H groups in total. The zero-order valence-electron chi connectivity index (χ0n) is 13.8. The molecule has 0 saturated carbocycles. The van der Waals surface area contributed by atoms with E-state index in [-0.39, 0.29) is 24.5 Å². The Morgan fingerprint density at radius 2 is 1.92 bits per heavy atom. The van der Waals surface area contributed by atoms with Crippen LogP contribution in [0.3, 0.4) is 0 Å². The van der Waals surface area contributed by atoms with Crippen LogP contribution in [0.1, 0.15) is 27.9 Å². The average molecular weight is 338 g/mol. The van der Waals surface area contributed by atoms with E-state index >= 15 is 0 Å². The second-order valence-electron chi connectivity index (χ2n) is 5.52. The Bertz CT molecular complexity index is 681. The molecule has 5 nitrogen and oxygen atoms in total. The zero-order chi connectivity index (χ0) is 17.7. The number of amides is 1. The number of carbonyl (C=O) groups is 1. The van der Waals surface area contributed by atoms with Crippen LogP contribution in [0.4, 0.5) is 8.78 Å². The van der Waals surface area contributed by atoms with Crippen LogP contribution in [0.15, 0.2) is 34.7 Å². The van der Waals surface area contributed by atoms with E-state index in [1.165, 1.54) is 31.4 Å². The Labute approximate surface area is 139 Å². The number of carbonyl (C=O) groups excluding carboxylic acids is 1. The standard InChI is InChI=1S/C17H20F2N2O3/c1-21(2)14(16-12(18)5-4-6-13(16)19)9-20-17(22)15-8-7-11(24-15)10-23-3/h4-8,14H,9-10H2,1-3H3,(H,20,22). The largest absolute Gasteiger partial charge is 0.453 e. The normalized spacial score (nSPS) is 12.4. The van der Waals surface area contributed by atoms with Gasteiger partial charge in [0.1, 0.15) is 24.0 Å². The Hall–Kier alpha value is -2.25. The lowest BCUT2D eigenvalue weighted by atomic mass is 10.0. The van der Waals surface area contributed by atoms with Gasteiger partial charge in [0.2, 0.25) is 0 Å². The van der Waals surface area contributed by atoms with E-state index in [9.17, 15) is 13.6 Å². The molecule has 1 amide bonds. The van der Waals surface area contributed by atoms with E-state index in [1.807, 2.05) is 0 Å². The van der Waals surface area contributed by atoms with Gasteiger partial charge in [0.05, 0.1) is 6.04 Å². The number of methoxy groups -OCH3 is 1. The summed E-state index contributed by atoms with van der Waals surface area (Å²) in [6.45, 7) is 0.290. The van der Waals surface area contributed by atoms with Crippen molar-refractivity contribution in [2.45, 2.75) is 12.6 Å². The highest BCUT2D eigenvalue weighted by molar-refractivity contribution is 5.91. The topological polar surface area (TPSA) is 54.7 Å². The van der Waals surface area contributed by atoms with Gasteiger partial charge in [-0.1, -0.05) is 6.07 Å². The fraction of sp³-hybridized carbons (Fsp3) is 0.353. The van der Waals surface area contributed by atoms with Crippen molar-refractivity contribution >= 4 is 5.91 Å². The van der Waals surface area contributed by atoms with Gasteiger partial charge in [-0.05, 0) is 38.4 Å². The van der Waals surface area contributed by atoms with Gasteiger partial charge in [0.25, 0.3) is 5.91 Å². The molecule has 0 aliphatic rings. The molecule has 2 aromatic rings. The summed E-state index contributed by atoms with van der Waals surface area (Å²) in [6.07, 6.45) is 0. The third kappa shape index (κ3) is 4.18. The van der Waals surface area contributed by atoms with Crippen LogP contribution in [-0.2, 0) is 11.3 Å². The van der Waals surface area contributed by atoms with Gasteiger partial charge in [-0.3, -0.25) is 4.79 Å². The summed E-state index contributed by atoms with van der Waals surface area (Å²) in [4.78, 5) is 13.8. The average Bonchev–Trinajstić information content (AvgIpc) is 2.98. The number of ether oxygens (including phenoxy) is 1. The lowest BCUT2D eigenvalue weighted by Crippen LogP contribution is -2.35. The minimum Gasteiger partial charge on any atom is -0.453 e. The van der Waals surface area contributed by atoms with Gasteiger partial charge in [-0.25, -0.2) is 8.78 Å². The van der Waals surface area contributed by atoms with Crippen molar-refractivity contribution in [3.05, 3.63) is 59.1 Å².